The third-order valence-corrected chi connectivity index (χ3v) is 7.90. The number of benzene rings is 2. The van der Waals surface area contributed by atoms with Crippen LogP contribution in [0.2, 0.25) is 0 Å². The number of nitriles is 1. The molecule has 0 spiro atoms. The van der Waals surface area contributed by atoms with Crippen molar-refractivity contribution in [3.05, 3.63) is 66.1 Å². The highest BCUT2D eigenvalue weighted by atomic mass is 32.1. The predicted molar refractivity (Wildman–Crippen MR) is 181 cm³/mol. The van der Waals surface area contributed by atoms with Crippen LogP contribution in [-0.2, 0) is 4.79 Å². The summed E-state index contributed by atoms with van der Waals surface area (Å²) in [4.78, 5) is 31.6. The number of carbonyl (C=O) groups excluding carboxylic acids is 1. The van der Waals surface area contributed by atoms with Gasteiger partial charge in [0.2, 0.25) is 5.91 Å². The second-order valence-corrected chi connectivity index (χ2v) is 11.1. The average molecular weight is 648 g/mol. The van der Waals surface area contributed by atoms with Crippen molar-refractivity contribution in [2.75, 3.05) is 63.8 Å². The lowest BCUT2D eigenvalue weighted by Gasteiger charge is -2.35. The van der Waals surface area contributed by atoms with E-state index in [9.17, 15) is 9.18 Å². The van der Waals surface area contributed by atoms with Gasteiger partial charge < -0.3 is 19.4 Å². The molecule has 2 aromatic heterocycles. The number of fused-ring (bicyclic) bond motifs is 2. The number of alkyl halides is 1. The number of ether oxygens (including phenoxy) is 1. The van der Waals surface area contributed by atoms with Crippen LogP contribution in [0.3, 0.4) is 0 Å². The Morgan fingerprint density at radius 3 is 2.37 bits per heavy atom. The fourth-order valence-corrected chi connectivity index (χ4v) is 5.68. The Labute approximate surface area is 273 Å². The van der Waals surface area contributed by atoms with Gasteiger partial charge in [-0.15, -0.1) is 12.6 Å². The quantitative estimate of drug-likeness (QED) is 0.155. The zero-order valence-electron chi connectivity index (χ0n) is 26.4. The van der Waals surface area contributed by atoms with E-state index in [4.69, 9.17) is 10.00 Å². The zero-order valence-corrected chi connectivity index (χ0v) is 27.3. The molecule has 0 saturated carbocycles. The maximum Gasteiger partial charge on any atom is 0.319 e. The average Bonchev–Trinajstić information content (AvgIpc) is 3.55. The van der Waals surface area contributed by atoms with Crippen LogP contribution in [0.4, 0.5) is 14.6 Å². The van der Waals surface area contributed by atoms with Gasteiger partial charge >= 0.3 is 6.01 Å². The minimum Gasteiger partial charge on any atom is -0.453 e. The van der Waals surface area contributed by atoms with Gasteiger partial charge in [-0.3, -0.25) is 9.78 Å². The van der Waals surface area contributed by atoms with E-state index in [1.807, 2.05) is 48.2 Å². The maximum absolute atomic E-state index is 16.1. The van der Waals surface area contributed by atoms with Crippen LogP contribution < -0.4 is 9.64 Å². The van der Waals surface area contributed by atoms with Crippen molar-refractivity contribution in [2.24, 2.45) is 0 Å². The van der Waals surface area contributed by atoms with Gasteiger partial charge in [0.15, 0.2) is 5.82 Å². The Kier molecular flexibility index (Phi) is 12.6. The van der Waals surface area contributed by atoms with Crippen molar-refractivity contribution >= 4 is 46.0 Å². The smallest absolute Gasteiger partial charge is 0.319 e. The first kappa shape index (κ1) is 34.5. The number of halogens is 2. The number of rotatable bonds is 6. The Morgan fingerprint density at radius 1 is 1.09 bits per heavy atom. The Balaban J connectivity index is 0.000000466. The molecular formula is C34H39F2N7O2S. The van der Waals surface area contributed by atoms with Gasteiger partial charge in [-0.05, 0) is 62.3 Å². The number of hydrogen-bond donors (Lipinski definition) is 1. The fraction of sp³-hybridized carbons (Fsp3) is 0.382. The second-order valence-electron chi connectivity index (χ2n) is 10.9. The lowest BCUT2D eigenvalue weighted by atomic mass is 9.97. The van der Waals surface area contributed by atoms with Crippen LogP contribution in [-0.4, -0.2) is 89.6 Å². The first-order valence-corrected chi connectivity index (χ1v) is 15.8. The van der Waals surface area contributed by atoms with Crippen LogP contribution in [0.25, 0.3) is 32.9 Å². The third kappa shape index (κ3) is 8.27. The number of aryl methyl sites for hydroxylation is 1. The highest BCUT2D eigenvalue weighted by Gasteiger charge is 2.25. The van der Waals surface area contributed by atoms with E-state index in [0.29, 0.717) is 42.9 Å². The van der Waals surface area contributed by atoms with Gasteiger partial charge in [-0.1, -0.05) is 36.4 Å². The highest BCUT2D eigenvalue weighted by Crippen LogP contribution is 2.36. The molecule has 4 heterocycles. The van der Waals surface area contributed by atoms with E-state index >= 15 is 4.39 Å². The number of piperazine rings is 1. The molecule has 1 amide bonds. The number of aromatic nitrogens is 3. The number of nitrogens with zero attached hydrogens (tertiary/aromatic N) is 7. The number of carbonyl (C=O) groups is 1. The molecule has 0 aliphatic carbocycles. The van der Waals surface area contributed by atoms with Crippen molar-refractivity contribution in [1.29, 1.82) is 5.26 Å². The molecule has 6 rings (SSSR count). The summed E-state index contributed by atoms with van der Waals surface area (Å²) in [6, 6.07) is 13.4. The summed E-state index contributed by atoms with van der Waals surface area (Å²) in [7, 11) is 2.17. The van der Waals surface area contributed by atoms with Gasteiger partial charge in [-0.25, -0.2) is 8.78 Å². The summed E-state index contributed by atoms with van der Waals surface area (Å²) < 4.78 is 34.0. The van der Waals surface area contributed by atoms with Crippen LogP contribution in [0.15, 0.2) is 54.7 Å². The Hall–Kier alpha value is -4.34. The van der Waals surface area contributed by atoms with E-state index in [1.54, 1.807) is 17.2 Å². The summed E-state index contributed by atoms with van der Waals surface area (Å²) in [5.41, 5.74) is 2.00. The standard InChI is InChI=1S/C27H25F2N5O2S.C5H11N.C2H3N/c1-17-5-2-6-18-7-3-8-19(22(17)18)24-23(29)25-20(15-30-24)26(32-27(31-25)36-16-37)34-13-11-33(12-14-34)21(35)9-4-10-28;1-6-4-2-3-5-6;1-2-3/h2-9,15,37H,10-14,16H2,1H3;2-5H2,1H3;1H3/b9-4+;;. The fourth-order valence-electron chi connectivity index (χ4n) is 5.56. The van der Waals surface area contributed by atoms with Crippen molar-refractivity contribution in [3.8, 4) is 23.3 Å². The second kappa shape index (κ2) is 16.8. The first-order valence-electron chi connectivity index (χ1n) is 15.2. The summed E-state index contributed by atoms with van der Waals surface area (Å²) in [5.74, 6) is -0.311. The number of thiol groups is 1. The monoisotopic (exact) mass is 647 g/mol. The summed E-state index contributed by atoms with van der Waals surface area (Å²) >= 11 is 4.11. The normalized spacial score (nSPS) is 14.9. The van der Waals surface area contributed by atoms with Gasteiger partial charge in [0, 0.05) is 50.9 Å². The molecule has 242 valence electrons. The van der Waals surface area contributed by atoms with Crippen LogP contribution in [0, 0.1) is 24.1 Å². The Morgan fingerprint density at radius 2 is 1.76 bits per heavy atom. The molecule has 9 nitrogen and oxygen atoms in total. The number of anilines is 1. The molecule has 0 N–H and O–H groups in total. The van der Waals surface area contributed by atoms with Crippen molar-refractivity contribution < 1.29 is 18.3 Å². The van der Waals surface area contributed by atoms with Gasteiger partial charge in [0.1, 0.15) is 29.6 Å². The van der Waals surface area contributed by atoms with Crippen molar-refractivity contribution in [3.63, 3.8) is 0 Å². The van der Waals surface area contributed by atoms with Crippen LogP contribution >= 0.6 is 12.6 Å². The molecule has 2 saturated heterocycles. The van der Waals surface area contributed by atoms with E-state index in [0.717, 1.165) is 16.3 Å². The minimum atomic E-state index is -0.689. The molecule has 2 aliphatic rings. The lowest BCUT2D eigenvalue weighted by molar-refractivity contribution is -0.126. The van der Waals surface area contributed by atoms with E-state index < -0.39 is 12.5 Å². The largest absolute Gasteiger partial charge is 0.453 e. The molecule has 4 aromatic rings. The molecule has 2 aliphatic heterocycles. The number of pyridine rings is 1. The van der Waals surface area contributed by atoms with Crippen LogP contribution in [0.1, 0.15) is 25.3 Å². The number of hydrogen-bond acceptors (Lipinski definition) is 9. The van der Waals surface area contributed by atoms with Crippen molar-refractivity contribution in [1.82, 2.24) is 24.8 Å². The van der Waals surface area contributed by atoms with Gasteiger partial charge in [0.25, 0.3) is 0 Å². The van der Waals surface area contributed by atoms with E-state index in [1.165, 1.54) is 45.0 Å². The van der Waals surface area contributed by atoms with E-state index in [2.05, 4.69) is 39.5 Å². The third-order valence-electron chi connectivity index (χ3n) is 7.78. The highest BCUT2D eigenvalue weighted by molar-refractivity contribution is 7.80. The molecule has 2 aromatic carbocycles. The summed E-state index contributed by atoms with van der Waals surface area (Å²) in [5, 5.41) is 9.69. The van der Waals surface area contributed by atoms with Crippen LogP contribution in [0.5, 0.6) is 6.01 Å². The number of amides is 1. The lowest BCUT2D eigenvalue weighted by Crippen LogP contribution is -2.48. The predicted octanol–water partition coefficient (Wildman–Crippen LogP) is 5.97. The molecule has 0 unspecified atom stereocenters. The van der Waals surface area contributed by atoms with Crippen molar-refractivity contribution in [2.45, 2.75) is 26.7 Å². The zero-order chi connectivity index (χ0) is 33.1. The summed E-state index contributed by atoms with van der Waals surface area (Å²) in [6.07, 6.45) is 6.85. The molecule has 0 atom stereocenters. The van der Waals surface area contributed by atoms with Gasteiger partial charge in [-0.2, -0.15) is 15.2 Å². The minimum absolute atomic E-state index is 0.00651. The molecule has 12 heteroatoms. The molecule has 2 fully saturated rings. The SMILES string of the molecule is CC#N.CN1CCCC1.Cc1cccc2cccc(-c3ncc4c(N5CCN(C(=O)/C=C/CF)CC5)nc(OCS)nc4c3F)c12. The summed E-state index contributed by atoms with van der Waals surface area (Å²) in [6.45, 7) is 7.09. The molecule has 0 radical (unpaired) electrons. The van der Waals surface area contributed by atoms with Gasteiger partial charge in [0.05, 0.1) is 11.5 Å². The molecule has 0 bridgehead atoms. The maximum atomic E-state index is 16.1. The molecule has 46 heavy (non-hydrogen) atoms. The molecular weight excluding hydrogens is 608 g/mol. The number of allylic oxidation sites excluding steroid dienone is 1. The number of likely N-dealkylation sites (tertiary alicyclic amines) is 1. The Bertz CT molecular complexity index is 1710. The first-order chi connectivity index (χ1) is 22.3. The van der Waals surface area contributed by atoms with E-state index in [-0.39, 0.29) is 29.1 Å². The topological polar surface area (TPSA) is 98.5 Å².